The van der Waals surface area contributed by atoms with Crippen molar-refractivity contribution in [2.24, 2.45) is 4.99 Å². The van der Waals surface area contributed by atoms with Crippen molar-refractivity contribution in [1.29, 1.82) is 0 Å². The normalized spacial score (nSPS) is 11.4. The van der Waals surface area contributed by atoms with Crippen molar-refractivity contribution >= 4 is 22.3 Å². The summed E-state index contributed by atoms with van der Waals surface area (Å²) in [6, 6.07) is 5.77. The summed E-state index contributed by atoms with van der Waals surface area (Å²) in [5.41, 5.74) is -0.0213. The number of aliphatic imine (C=N–C) groups is 1. The second-order valence-electron chi connectivity index (χ2n) is 3.00. The highest BCUT2D eigenvalue weighted by Crippen LogP contribution is 2.15. The second-order valence-corrected chi connectivity index (χ2v) is 4.68. The lowest BCUT2D eigenvalue weighted by Crippen LogP contribution is -2.24. The van der Waals surface area contributed by atoms with Crippen molar-refractivity contribution in [3.05, 3.63) is 29.8 Å². The lowest BCUT2D eigenvalue weighted by molar-refractivity contribution is 0.0596. The van der Waals surface area contributed by atoms with Gasteiger partial charge in [0.05, 0.1) is 19.0 Å². The van der Waals surface area contributed by atoms with Crippen LogP contribution >= 0.6 is 0 Å². The molecule has 0 amide bonds. The van der Waals surface area contributed by atoms with Crippen molar-refractivity contribution < 1.29 is 17.9 Å². The monoisotopic (exact) mass is 256 g/mol. The molecule has 0 atom stereocenters. The Hall–Kier alpha value is -1.89. The third kappa shape index (κ3) is 3.04. The predicted octanol–water partition coefficient (Wildman–Crippen LogP) is 0.410. The summed E-state index contributed by atoms with van der Waals surface area (Å²) in [6.45, 7) is 0. The molecule has 1 aromatic rings. The van der Waals surface area contributed by atoms with Gasteiger partial charge in [0, 0.05) is 7.05 Å². The van der Waals surface area contributed by atoms with E-state index in [-0.39, 0.29) is 10.5 Å². The van der Waals surface area contributed by atoms with Crippen LogP contribution in [0.1, 0.15) is 10.4 Å². The summed E-state index contributed by atoms with van der Waals surface area (Å²) < 4.78 is 30.3. The fourth-order valence-corrected chi connectivity index (χ4v) is 2.23. The Balaban J connectivity index is 3.27. The van der Waals surface area contributed by atoms with Gasteiger partial charge in [-0.15, -0.1) is 0 Å². The van der Waals surface area contributed by atoms with E-state index in [1.165, 1.54) is 32.4 Å². The van der Waals surface area contributed by atoms with Gasteiger partial charge in [-0.3, -0.25) is 9.71 Å². The molecule has 0 saturated heterocycles. The van der Waals surface area contributed by atoms with E-state index in [4.69, 9.17) is 0 Å². The number of hydrogen-bond acceptors (Lipinski definition) is 5. The first-order chi connectivity index (χ1) is 8.03. The van der Waals surface area contributed by atoms with Crippen LogP contribution in [0, 0.1) is 0 Å². The fourth-order valence-electron chi connectivity index (χ4n) is 1.17. The van der Waals surface area contributed by atoms with E-state index in [1.807, 2.05) is 0 Å². The number of sulfonamides is 1. The topological polar surface area (TPSA) is 84.8 Å². The third-order valence-corrected chi connectivity index (χ3v) is 3.27. The molecular formula is C10H12N2O4S. The molecule has 1 aromatic carbocycles. The minimum atomic E-state index is -3.81. The molecule has 1 rings (SSSR count). The Morgan fingerprint density at radius 3 is 2.65 bits per heavy atom. The molecule has 92 valence electrons. The first-order valence-electron chi connectivity index (χ1n) is 4.63. The molecule has 0 spiro atoms. The Labute approximate surface area is 99.4 Å². The molecule has 0 bridgehead atoms. The minimum absolute atomic E-state index is 0.0213. The van der Waals surface area contributed by atoms with Gasteiger partial charge in [-0.05, 0) is 12.1 Å². The molecule has 0 aromatic heterocycles. The maximum Gasteiger partial charge on any atom is 0.339 e. The van der Waals surface area contributed by atoms with Gasteiger partial charge >= 0.3 is 5.97 Å². The SMILES string of the molecule is CN=CNS(=O)(=O)c1ccccc1C(=O)OC. The molecule has 7 heteroatoms. The molecule has 6 nitrogen and oxygen atoms in total. The van der Waals surface area contributed by atoms with E-state index in [0.29, 0.717) is 0 Å². The average Bonchev–Trinajstić information content (AvgIpc) is 2.35. The molecule has 0 aliphatic heterocycles. The largest absolute Gasteiger partial charge is 0.465 e. The number of nitrogens with one attached hydrogen (secondary N) is 1. The maximum atomic E-state index is 11.8. The van der Waals surface area contributed by atoms with Gasteiger partial charge in [0.2, 0.25) is 0 Å². The predicted molar refractivity (Wildman–Crippen MR) is 62.5 cm³/mol. The second kappa shape index (κ2) is 5.44. The number of esters is 1. The zero-order valence-corrected chi connectivity index (χ0v) is 10.2. The summed E-state index contributed by atoms with van der Waals surface area (Å²) in [7, 11) is -1.20. The highest BCUT2D eigenvalue weighted by molar-refractivity contribution is 7.90. The number of rotatable bonds is 4. The Kier molecular flexibility index (Phi) is 4.22. The van der Waals surface area contributed by atoms with Crippen LogP contribution in [0.15, 0.2) is 34.2 Å². The van der Waals surface area contributed by atoms with E-state index in [9.17, 15) is 13.2 Å². The summed E-state index contributed by atoms with van der Waals surface area (Å²) in [5, 5.41) is 0. The number of hydrogen-bond donors (Lipinski definition) is 1. The Bertz CT molecular complexity index is 537. The van der Waals surface area contributed by atoms with Crippen LogP contribution in [0.25, 0.3) is 0 Å². The van der Waals surface area contributed by atoms with Gasteiger partial charge in [-0.25, -0.2) is 13.2 Å². The molecule has 0 aliphatic rings. The molecular weight excluding hydrogens is 244 g/mol. The van der Waals surface area contributed by atoms with Gasteiger partial charge < -0.3 is 4.74 Å². The van der Waals surface area contributed by atoms with E-state index in [1.54, 1.807) is 6.07 Å². The number of ether oxygens (including phenoxy) is 1. The molecule has 17 heavy (non-hydrogen) atoms. The molecule has 0 heterocycles. The van der Waals surface area contributed by atoms with Gasteiger partial charge in [0.15, 0.2) is 0 Å². The first kappa shape index (κ1) is 13.2. The van der Waals surface area contributed by atoms with Crippen LogP contribution in [0.5, 0.6) is 0 Å². The number of nitrogens with zero attached hydrogens (tertiary/aromatic N) is 1. The highest BCUT2D eigenvalue weighted by atomic mass is 32.2. The van der Waals surface area contributed by atoms with E-state index < -0.39 is 16.0 Å². The summed E-state index contributed by atoms with van der Waals surface area (Å²) in [4.78, 5) is 14.8. The lowest BCUT2D eigenvalue weighted by atomic mass is 10.2. The minimum Gasteiger partial charge on any atom is -0.465 e. The van der Waals surface area contributed by atoms with Crippen LogP contribution in [0.3, 0.4) is 0 Å². The zero-order valence-electron chi connectivity index (χ0n) is 9.38. The van der Waals surface area contributed by atoms with Crippen molar-refractivity contribution in [3.63, 3.8) is 0 Å². The van der Waals surface area contributed by atoms with Crippen molar-refractivity contribution in [2.45, 2.75) is 4.90 Å². The van der Waals surface area contributed by atoms with Crippen LogP contribution in [0.2, 0.25) is 0 Å². The molecule has 0 unspecified atom stereocenters. The quantitative estimate of drug-likeness (QED) is 0.480. The Morgan fingerprint density at radius 1 is 1.41 bits per heavy atom. The van der Waals surface area contributed by atoms with Gasteiger partial charge in [0.25, 0.3) is 10.0 Å². The lowest BCUT2D eigenvalue weighted by Gasteiger charge is -2.07. The number of carbonyl (C=O) groups is 1. The smallest absolute Gasteiger partial charge is 0.339 e. The third-order valence-electron chi connectivity index (χ3n) is 1.92. The summed E-state index contributed by atoms with van der Waals surface area (Å²) >= 11 is 0. The fraction of sp³-hybridized carbons (Fsp3) is 0.200. The highest BCUT2D eigenvalue weighted by Gasteiger charge is 2.21. The molecule has 0 fully saturated rings. The van der Waals surface area contributed by atoms with Crippen LogP contribution in [-0.2, 0) is 14.8 Å². The summed E-state index contributed by atoms with van der Waals surface area (Å²) in [5.74, 6) is -0.709. The molecule has 0 aliphatic carbocycles. The first-order valence-corrected chi connectivity index (χ1v) is 6.11. The number of carbonyl (C=O) groups excluding carboxylic acids is 1. The Morgan fingerprint density at radius 2 is 2.06 bits per heavy atom. The van der Waals surface area contributed by atoms with Crippen LogP contribution < -0.4 is 4.72 Å². The van der Waals surface area contributed by atoms with Crippen molar-refractivity contribution in [3.8, 4) is 0 Å². The summed E-state index contributed by atoms with van der Waals surface area (Å²) in [6.07, 6.45) is 1.03. The van der Waals surface area contributed by atoms with E-state index in [2.05, 4.69) is 14.5 Å². The standard InChI is InChI=1S/C10H12N2O4S/c1-11-7-12-17(14,15)9-6-4-3-5-8(9)10(13)16-2/h3-7H,1-2H3,(H,11,12). The molecule has 0 saturated carbocycles. The van der Waals surface area contributed by atoms with E-state index in [0.717, 1.165) is 6.34 Å². The molecule has 1 N–H and O–H groups in total. The average molecular weight is 256 g/mol. The van der Waals surface area contributed by atoms with Gasteiger partial charge in [0.1, 0.15) is 4.90 Å². The number of methoxy groups -OCH3 is 1. The van der Waals surface area contributed by atoms with Crippen LogP contribution in [-0.4, -0.2) is 34.9 Å². The van der Waals surface area contributed by atoms with Crippen molar-refractivity contribution in [2.75, 3.05) is 14.2 Å². The maximum absolute atomic E-state index is 11.8. The van der Waals surface area contributed by atoms with E-state index >= 15 is 0 Å². The van der Waals surface area contributed by atoms with Gasteiger partial charge in [-0.1, -0.05) is 12.1 Å². The van der Waals surface area contributed by atoms with Crippen molar-refractivity contribution in [1.82, 2.24) is 4.72 Å². The number of benzene rings is 1. The van der Waals surface area contributed by atoms with Gasteiger partial charge in [-0.2, -0.15) is 0 Å². The molecule has 0 radical (unpaired) electrons. The zero-order chi connectivity index (χ0) is 12.9. The van der Waals surface area contributed by atoms with Crippen LogP contribution in [0.4, 0.5) is 0 Å².